The number of nitrogens with zero attached hydrogens (tertiary/aromatic N) is 2. The lowest BCUT2D eigenvalue weighted by molar-refractivity contribution is -0.118. The molecular formula is C15H14N4OS. The first-order valence-electron chi connectivity index (χ1n) is 6.52. The molecule has 106 valence electrons. The van der Waals surface area contributed by atoms with Crippen LogP contribution in [0.5, 0.6) is 0 Å². The molecule has 21 heavy (non-hydrogen) atoms. The van der Waals surface area contributed by atoms with Gasteiger partial charge in [0.05, 0.1) is 12.1 Å². The molecule has 0 atom stereocenters. The topological polar surface area (TPSA) is 66.9 Å². The van der Waals surface area contributed by atoms with Crippen molar-refractivity contribution in [3.8, 4) is 11.4 Å². The third-order valence-corrected chi connectivity index (χ3v) is 3.76. The van der Waals surface area contributed by atoms with Gasteiger partial charge in [-0.05, 0) is 23.6 Å². The molecule has 0 fully saturated rings. The van der Waals surface area contributed by atoms with Gasteiger partial charge < -0.3 is 10.6 Å². The molecule has 0 spiro atoms. The van der Waals surface area contributed by atoms with Crippen LogP contribution < -0.4 is 10.6 Å². The first-order valence-corrected chi connectivity index (χ1v) is 7.46. The van der Waals surface area contributed by atoms with Crippen LogP contribution in [0.3, 0.4) is 0 Å². The van der Waals surface area contributed by atoms with Gasteiger partial charge >= 0.3 is 0 Å². The Morgan fingerprint density at radius 2 is 2.10 bits per heavy atom. The number of para-hydroxylation sites is 1. The van der Waals surface area contributed by atoms with E-state index in [1.807, 2.05) is 41.1 Å². The molecule has 1 amide bonds. The number of thiophene rings is 1. The molecule has 0 aliphatic carbocycles. The molecule has 0 aliphatic heterocycles. The number of benzene rings is 1. The van der Waals surface area contributed by atoms with Crippen LogP contribution in [0, 0.1) is 0 Å². The molecule has 5 nitrogen and oxygen atoms in total. The van der Waals surface area contributed by atoms with Crippen molar-refractivity contribution >= 4 is 34.0 Å². The molecule has 2 heterocycles. The molecule has 2 aromatic heterocycles. The molecule has 0 aliphatic rings. The molecule has 6 heteroatoms. The smallest absolute Gasteiger partial charge is 0.239 e. The third-order valence-electron chi connectivity index (χ3n) is 3.08. The Morgan fingerprint density at radius 1 is 1.24 bits per heavy atom. The van der Waals surface area contributed by atoms with Gasteiger partial charge in [-0.2, -0.15) is 11.3 Å². The number of carbonyl (C=O) groups is 1. The highest BCUT2D eigenvalue weighted by atomic mass is 32.1. The average Bonchev–Trinajstić information content (AvgIpc) is 3.06. The zero-order chi connectivity index (χ0) is 14.7. The molecule has 0 radical (unpaired) electrons. The normalized spacial score (nSPS) is 10.5. The maximum atomic E-state index is 11.4. The van der Waals surface area contributed by atoms with E-state index in [4.69, 9.17) is 0 Å². The Kier molecular flexibility index (Phi) is 3.79. The van der Waals surface area contributed by atoms with Crippen LogP contribution in [0.1, 0.15) is 0 Å². The van der Waals surface area contributed by atoms with Crippen molar-refractivity contribution in [1.82, 2.24) is 15.3 Å². The van der Waals surface area contributed by atoms with E-state index in [0.717, 1.165) is 16.5 Å². The quantitative estimate of drug-likeness (QED) is 0.776. The number of rotatable bonds is 4. The Balaban J connectivity index is 2.05. The van der Waals surface area contributed by atoms with E-state index in [9.17, 15) is 4.79 Å². The fraction of sp³-hybridized carbons (Fsp3) is 0.133. The fourth-order valence-corrected chi connectivity index (χ4v) is 2.62. The molecule has 1 aromatic carbocycles. The molecule has 0 saturated carbocycles. The van der Waals surface area contributed by atoms with Gasteiger partial charge in [-0.25, -0.2) is 9.97 Å². The van der Waals surface area contributed by atoms with Crippen molar-refractivity contribution in [1.29, 1.82) is 0 Å². The molecule has 3 aromatic rings. The average molecular weight is 298 g/mol. The Hall–Kier alpha value is -2.47. The number of likely N-dealkylation sites (N-methyl/N-ethyl adjacent to an activating group) is 1. The SMILES string of the molecule is CNC(=O)CNc1nc(-c2ccsc2)nc2ccccc12. The largest absolute Gasteiger partial charge is 0.360 e. The van der Waals surface area contributed by atoms with Gasteiger partial charge in [0, 0.05) is 23.4 Å². The minimum absolute atomic E-state index is 0.0882. The van der Waals surface area contributed by atoms with E-state index in [2.05, 4.69) is 20.6 Å². The summed E-state index contributed by atoms with van der Waals surface area (Å²) in [5.41, 5.74) is 1.84. The highest BCUT2D eigenvalue weighted by Gasteiger charge is 2.10. The number of hydrogen-bond donors (Lipinski definition) is 2. The maximum absolute atomic E-state index is 11.4. The summed E-state index contributed by atoms with van der Waals surface area (Å²) >= 11 is 1.60. The monoisotopic (exact) mass is 298 g/mol. The van der Waals surface area contributed by atoms with E-state index < -0.39 is 0 Å². The highest BCUT2D eigenvalue weighted by Crippen LogP contribution is 2.25. The van der Waals surface area contributed by atoms with Crippen molar-refractivity contribution in [2.45, 2.75) is 0 Å². The van der Waals surface area contributed by atoms with Gasteiger partial charge in [0.15, 0.2) is 5.82 Å². The predicted octanol–water partition coefficient (Wildman–Crippen LogP) is 2.52. The lowest BCUT2D eigenvalue weighted by Gasteiger charge is -2.09. The summed E-state index contributed by atoms with van der Waals surface area (Å²) in [5, 5.41) is 10.6. The lowest BCUT2D eigenvalue weighted by atomic mass is 10.2. The molecule has 0 saturated heterocycles. The summed E-state index contributed by atoms with van der Waals surface area (Å²) in [6.45, 7) is 0.181. The van der Waals surface area contributed by atoms with Crippen LogP contribution in [-0.2, 0) is 4.79 Å². The standard InChI is InChI=1S/C15H14N4OS/c1-16-13(20)8-17-15-11-4-2-3-5-12(11)18-14(19-15)10-6-7-21-9-10/h2-7,9H,8H2,1H3,(H,16,20)(H,17,18,19). The Bertz CT molecular complexity index is 770. The van der Waals surface area contributed by atoms with Gasteiger partial charge in [-0.3, -0.25) is 4.79 Å². The van der Waals surface area contributed by atoms with Crippen LogP contribution >= 0.6 is 11.3 Å². The highest BCUT2D eigenvalue weighted by molar-refractivity contribution is 7.08. The zero-order valence-corrected chi connectivity index (χ0v) is 12.3. The van der Waals surface area contributed by atoms with Crippen molar-refractivity contribution < 1.29 is 4.79 Å². The van der Waals surface area contributed by atoms with Crippen molar-refractivity contribution in [2.75, 3.05) is 18.9 Å². The summed E-state index contributed by atoms with van der Waals surface area (Å²) in [6, 6.07) is 9.74. The van der Waals surface area contributed by atoms with Crippen LogP contribution in [-0.4, -0.2) is 29.5 Å². The van der Waals surface area contributed by atoms with Crippen LogP contribution in [0.15, 0.2) is 41.1 Å². The molecule has 0 bridgehead atoms. The summed E-state index contributed by atoms with van der Waals surface area (Å²) in [5.74, 6) is 1.24. The van der Waals surface area contributed by atoms with Gasteiger partial charge in [0.1, 0.15) is 5.82 Å². The van der Waals surface area contributed by atoms with Crippen molar-refractivity contribution in [2.24, 2.45) is 0 Å². The molecule has 0 unspecified atom stereocenters. The summed E-state index contributed by atoms with van der Waals surface area (Å²) in [7, 11) is 1.61. The molecular weight excluding hydrogens is 284 g/mol. The number of nitrogens with one attached hydrogen (secondary N) is 2. The number of fused-ring (bicyclic) bond motifs is 1. The number of anilines is 1. The van der Waals surface area contributed by atoms with Crippen molar-refractivity contribution in [3.05, 3.63) is 41.1 Å². The van der Waals surface area contributed by atoms with E-state index in [0.29, 0.717) is 11.6 Å². The van der Waals surface area contributed by atoms with Gasteiger partial charge in [0.25, 0.3) is 0 Å². The minimum Gasteiger partial charge on any atom is -0.360 e. The Morgan fingerprint density at radius 3 is 2.86 bits per heavy atom. The second kappa shape index (κ2) is 5.88. The van der Waals surface area contributed by atoms with Gasteiger partial charge in [-0.1, -0.05) is 12.1 Å². The first kappa shape index (κ1) is 13.5. The van der Waals surface area contributed by atoms with E-state index in [1.165, 1.54) is 0 Å². The number of hydrogen-bond acceptors (Lipinski definition) is 5. The summed E-state index contributed by atoms with van der Waals surface area (Å²) in [4.78, 5) is 20.6. The van der Waals surface area contributed by atoms with Crippen LogP contribution in [0.2, 0.25) is 0 Å². The van der Waals surface area contributed by atoms with Crippen LogP contribution in [0.25, 0.3) is 22.3 Å². The second-order valence-corrected chi connectivity index (χ2v) is 5.23. The summed E-state index contributed by atoms with van der Waals surface area (Å²) < 4.78 is 0. The zero-order valence-electron chi connectivity index (χ0n) is 11.5. The van der Waals surface area contributed by atoms with Gasteiger partial charge in [-0.15, -0.1) is 0 Å². The van der Waals surface area contributed by atoms with Crippen molar-refractivity contribution in [3.63, 3.8) is 0 Å². The van der Waals surface area contributed by atoms with E-state index in [-0.39, 0.29) is 12.5 Å². The lowest BCUT2D eigenvalue weighted by Crippen LogP contribution is -2.26. The minimum atomic E-state index is -0.0882. The number of aromatic nitrogens is 2. The Labute approximate surface area is 126 Å². The fourth-order valence-electron chi connectivity index (χ4n) is 1.98. The number of amides is 1. The third kappa shape index (κ3) is 2.85. The predicted molar refractivity (Wildman–Crippen MR) is 85.4 cm³/mol. The van der Waals surface area contributed by atoms with E-state index >= 15 is 0 Å². The molecule has 2 N–H and O–H groups in total. The molecule has 3 rings (SSSR count). The summed E-state index contributed by atoms with van der Waals surface area (Å²) in [6.07, 6.45) is 0. The maximum Gasteiger partial charge on any atom is 0.239 e. The van der Waals surface area contributed by atoms with E-state index in [1.54, 1.807) is 18.4 Å². The second-order valence-electron chi connectivity index (χ2n) is 4.45. The first-order chi connectivity index (χ1) is 10.3. The van der Waals surface area contributed by atoms with Gasteiger partial charge in [0.2, 0.25) is 5.91 Å². The number of carbonyl (C=O) groups excluding carboxylic acids is 1. The van der Waals surface area contributed by atoms with Crippen LogP contribution in [0.4, 0.5) is 5.82 Å².